The van der Waals surface area contributed by atoms with E-state index in [0.29, 0.717) is 6.61 Å². The number of carbonyl (C=O) groups excluding carboxylic acids is 1. The molecule has 0 aromatic heterocycles. The van der Waals surface area contributed by atoms with Crippen molar-refractivity contribution in [2.24, 2.45) is 11.7 Å². The summed E-state index contributed by atoms with van der Waals surface area (Å²) in [6.45, 7) is 4.21. The summed E-state index contributed by atoms with van der Waals surface area (Å²) in [6, 6.07) is 0.169. The summed E-state index contributed by atoms with van der Waals surface area (Å²) < 4.78 is 5.43. The summed E-state index contributed by atoms with van der Waals surface area (Å²) in [5.41, 5.74) is 5.86. The number of hydrogen-bond donors (Lipinski definition) is 1. The Labute approximate surface area is 90.8 Å². The Bertz CT molecular complexity index is 245. The lowest BCUT2D eigenvalue weighted by Crippen LogP contribution is -2.47. The third-order valence-corrected chi connectivity index (χ3v) is 3.32. The van der Waals surface area contributed by atoms with Crippen LogP contribution < -0.4 is 5.73 Å². The van der Waals surface area contributed by atoms with Crippen LogP contribution in [0.15, 0.2) is 0 Å². The maximum Gasteiger partial charge on any atom is 0.228 e. The zero-order chi connectivity index (χ0) is 10.8. The molecule has 2 rings (SSSR count). The normalized spacial score (nSPS) is 36.9. The van der Waals surface area contributed by atoms with Crippen LogP contribution in [0.4, 0.5) is 0 Å². The van der Waals surface area contributed by atoms with Gasteiger partial charge in [-0.25, -0.2) is 0 Å². The Balaban J connectivity index is 1.89. The van der Waals surface area contributed by atoms with Crippen LogP contribution in [0.2, 0.25) is 0 Å². The SMILES string of the molecule is CC1CC(C(=O)N2CCCC(N)C2)CO1. The van der Waals surface area contributed by atoms with Crippen molar-refractivity contribution < 1.29 is 9.53 Å². The summed E-state index contributed by atoms with van der Waals surface area (Å²) in [5, 5.41) is 0. The van der Waals surface area contributed by atoms with Gasteiger partial charge >= 0.3 is 0 Å². The molecule has 2 heterocycles. The molecule has 0 radical (unpaired) electrons. The molecule has 2 aliphatic heterocycles. The van der Waals surface area contributed by atoms with Crippen molar-refractivity contribution in [3.63, 3.8) is 0 Å². The van der Waals surface area contributed by atoms with Crippen LogP contribution in [-0.2, 0) is 9.53 Å². The van der Waals surface area contributed by atoms with E-state index in [9.17, 15) is 4.79 Å². The van der Waals surface area contributed by atoms with Gasteiger partial charge in [-0.3, -0.25) is 4.79 Å². The molecule has 0 saturated carbocycles. The highest BCUT2D eigenvalue weighted by molar-refractivity contribution is 5.79. The summed E-state index contributed by atoms with van der Waals surface area (Å²) in [5.74, 6) is 0.319. The molecule has 0 aliphatic carbocycles. The Kier molecular flexibility index (Phi) is 3.26. The minimum Gasteiger partial charge on any atom is -0.378 e. The van der Waals surface area contributed by atoms with Crippen LogP contribution in [0.1, 0.15) is 26.2 Å². The Morgan fingerprint density at radius 2 is 2.33 bits per heavy atom. The molecule has 4 nitrogen and oxygen atoms in total. The van der Waals surface area contributed by atoms with Crippen molar-refractivity contribution in [3.8, 4) is 0 Å². The van der Waals surface area contributed by atoms with Gasteiger partial charge in [-0.15, -0.1) is 0 Å². The minimum atomic E-state index is 0.0744. The van der Waals surface area contributed by atoms with Crippen molar-refractivity contribution in [1.29, 1.82) is 0 Å². The lowest BCUT2D eigenvalue weighted by Gasteiger charge is -2.32. The smallest absolute Gasteiger partial charge is 0.228 e. The van der Waals surface area contributed by atoms with E-state index in [1.807, 2.05) is 11.8 Å². The van der Waals surface area contributed by atoms with Crippen LogP contribution in [0, 0.1) is 5.92 Å². The molecule has 0 aromatic carbocycles. The lowest BCUT2D eigenvalue weighted by molar-refractivity contribution is -0.136. The number of likely N-dealkylation sites (tertiary alicyclic amines) is 1. The van der Waals surface area contributed by atoms with Gasteiger partial charge in [-0.05, 0) is 26.2 Å². The molecule has 86 valence electrons. The number of nitrogens with two attached hydrogens (primary N) is 1. The molecule has 2 aliphatic rings. The molecular formula is C11H20N2O2. The predicted molar refractivity (Wildman–Crippen MR) is 57.3 cm³/mol. The molecule has 0 bridgehead atoms. The van der Waals surface area contributed by atoms with E-state index >= 15 is 0 Å². The second-order valence-electron chi connectivity index (χ2n) is 4.76. The molecule has 15 heavy (non-hydrogen) atoms. The van der Waals surface area contributed by atoms with E-state index in [-0.39, 0.29) is 24.0 Å². The number of rotatable bonds is 1. The number of hydrogen-bond acceptors (Lipinski definition) is 3. The van der Waals surface area contributed by atoms with Crippen molar-refractivity contribution in [2.75, 3.05) is 19.7 Å². The van der Waals surface area contributed by atoms with Crippen molar-refractivity contribution in [1.82, 2.24) is 4.90 Å². The average molecular weight is 212 g/mol. The Morgan fingerprint density at radius 1 is 1.53 bits per heavy atom. The van der Waals surface area contributed by atoms with Crippen LogP contribution in [0.25, 0.3) is 0 Å². The summed E-state index contributed by atoms with van der Waals surface area (Å²) >= 11 is 0. The number of carbonyl (C=O) groups is 1. The summed E-state index contributed by atoms with van der Waals surface area (Å²) in [6.07, 6.45) is 3.18. The first-order chi connectivity index (χ1) is 7.16. The van der Waals surface area contributed by atoms with Crippen molar-refractivity contribution in [3.05, 3.63) is 0 Å². The fraction of sp³-hybridized carbons (Fsp3) is 0.909. The molecule has 1 amide bonds. The van der Waals surface area contributed by atoms with E-state index in [4.69, 9.17) is 10.5 Å². The van der Waals surface area contributed by atoms with Crippen LogP contribution in [-0.4, -0.2) is 42.6 Å². The molecule has 3 atom stereocenters. The zero-order valence-electron chi connectivity index (χ0n) is 9.32. The third-order valence-electron chi connectivity index (χ3n) is 3.32. The second-order valence-corrected chi connectivity index (χ2v) is 4.76. The third kappa shape index (κ3) is 2.49. The first-order valence-electron chi connectivity index (χ1n) is 5.83. The number of nitrogens with zero attached hydrogens (tertiary/aromatic N) is 1. The fourth-order valence-electron chi connectivity index (χ4n) is 2.46. The maximum atomic E-state index is 12.1. The lowest BCUT2D eigenvalue weighted by atomic mass is 10.0. The highest BCUT2D eigenvalue weighted by Gasteiger charge is 2.32. The number of piperidine rings is 1. The average Bonchev–Trinajstić information content (AvgIpc) is 2.64. The van der Waals surface area contributed by atoms with E-state index < -0.39 is 0 Å². The van der Waals surface area contributed by atoms with E-state index in [1.54, 1.807) is 0 Å². The molecule has 3 unspecified atom stereocenters. The molecule has 2 N–H and O–H groups in total. The molecule has 0 aromatic rings. The van der Waals surface area contributed by atoms with Gasteiger partial charge < -0.3 is 15.4 Å². The summed E-state index contributed by atoms with van der Waals surface area (Å²) in [7, 11) is 0. The highest BCUT2D eigenvalue weighted by Crippen LogP contribution is 2.22. The van der Waals surface area contributed by atoms with Gasteiger partial charge in [0.05, 0.1) is 18.6 Å². The van der Waals surface area contributed by atoms with Crippen molar-refractivity contribution in [2.45, 2.75) is 38.3 Å². The predicted octanol–water partition coefficient (Wildman–Crippen LogP) is 0.361. The molecule has 2 saturated heterocycles. The number of amides is 1. The molecule has 2 fully saturated rings. The second kappa shape index (κ2) is 4.49. The maximum absolute atomic E-state index is 12.1. The minimum absolute atomic E-state index is 0.0744. The van der Waals surface area contributed by atoms with Crippen molar-refractivity contribution >= 4 is 5.91 Å². The standard InChI is InChI=1S/C11H20N2O2/c1-8-5-9(7-15-8)11(14)13-4-2-3-10(12)6-13/h8-10H,2-7,12H2,1H3. The molecule has 0 spiro atoms. The Morgan fingerprint density at radius 3 is 2.93 bits per heavy atom. The van der Waals surface area contributed by atoms with Gasteiger partial charge in [-0.2, -0.15) is 0 Å². The number of ether oxygens (including phenoxy) is 1. The van der Waals surface area contributed by atoms with Gasteiger partial charge in [0, 0.05) is 19.1 Å². The quantitative estimate of drug-likeness (QED) is 0.683. The van der Waals surface area contributed by atoms with Crippen LogP contribution in [0.3, 0.4) is 0 Å². The first-order valence-corrected chi connectivity index (χ1v) is 5.83. The van der Waals surface area contributed by atoms with Crippen LogP contribution in [0.5, 0.6) is 0 Å². The van der Waals surface area contributed by atoms with Crippen LogP contribution >= 0.6 is 0 Å². The van der Waals surface area contributed by atoms with Gasteiger partial charge in [0.2, 0.25) is 5.91 Å². The van der Waals surface area contributed by atoms with Gasteiger partial charge in [-0.1, -0.05) is 0 Å². The largest absolute Gasteiger partial charge is 0.378 e. The molecular weight excluding hydrogens is 192 g/mol. The van der Waals surface area contributed by atoms with E-state index in [1.165, 1.54) is 0 Å². The van der Waals surface area contributed by atoms with E-state index in [0.717, 1.165) is 32.4 Å². The first kappa shape index (κ1) is 10.9. The zero-order valence-corrected chi connectivity index (χ0v) is 9.32. The topological polar surface area (TPSA) is 55.6 Å². The monoisotopic (exact) mass is 212 g/mol. The van der Waals surface area contributed by atoms with Gasteiger partial charge in [0.1, 0.15) is 0 Å². The van der Waals surface area contributed by atoms with Gasteiger partial charge in [0.25, 0.3) is 0 Å². The van der Waals surface area contributed by atoms with E-state index in [2.05, 4.69) is 0 Å². The molecule has 4 heteroatoms. The highest BCUT2D eigenvalue weighted by atomic mass is 16.5. The summed E-state index contributed by atoms with van der Waals surface area (Å²) in [4.78, 5) is 14.0. The Hall–Kier alpha value is -0.610. The van der Waals surface area contributed by atoms with Gasteiger partial charge in [0.15, 0.2) is 0 Å². The fourth-order valence-corrected chi connectivity index (χ4v) is 2.46.